The van der Waals surface area contributed by atoms with Crippen molar-refractivity contribution in [3.63, 3.8) is 0 Å². The maximum Gasteiger partial charge on any atom is 0.119 e. The molecule has 0 aromatic heterocycles. The Bertz CT molecular complexity index is 299. The summed E-state index contributed by atoms with van der Waals surface area (Å²) in [6.45, 7) is 2.27. The van der Waals surface area contributed by atoms with E-state index in [-0.39, 0.29) is 0 Å². The third kappa shape index (κ3) is 1.82. The van der Waals surface area contributed by atoms with Crippen molar-refractivity contribution in [3.05, 3.63) is 24.3 Å². The smallest absolute Gasteiger partial charge is 0.119 e. The lowest BCUT2D eigenvalue weighted by molar-refractivity contribution is 0.415. The van der Waals surface area contributed by atoms with Gasteiger partial charge in [0.05, 0.1) is 7.11 Å². The fraction of sp³-hybridized carbons (Fsp3) is 0.455. The van der Waals surface area contributed by atoms with E-state index in [2.05, 4.69) is 23.4 Å². The number of benzene rings is 1. The minimum atomic E-state index is 0.647. The highest BCUT2D eigenvalue weighted by atomic mass is 32.2. The Morgan fingerprint density at radius 1 is 1.36 bits per heavy atom. The molecule has 1 unspecified atom stereocenters. The highest BCUT2D eigenvalue weighted by molar-refractivity contribution is 8.00. The van der Waals surface area contributed by atoms with E-state index in [1.54, 1.807) is 7.11 Å². The normalized spacial score (nSPS) is 21.3. The first-order chi connectivity index (χ1) is 6.81. The van der Waals surface area contributed by atoms with Crippen LogP contribution < -0.4 is 9.04 Å². The summed E-state index contributed by atoms with van der Waals surface area (Å²) in [6, 6.07) is 8.91. The molecule has 1 aromatic carbocycles. The van der Waals surface area contributed by atoms with Gasteiger partial charge in [-0.15, -0.1) is 0 Å². The number of methoxy groups -OCH3 is 1. The van der Waals surface area contributed by atoms with Gasteiger partial charge in [0.25, 0.3) is 0 Å². The quantitative estimate of drug-likeness (QED) is 0.695. The molecule has 14 heavy (non-hydrogen) atoms. The van der Waals surface area contributed by atoms with Gasteiger partial charge in [-0.25, -0.2) is 0 Å². The molecule has 2 rings (SSSR count). The predicted octanol–water partition coefficient (Wildman–Crippen LogP) is 2.94. The van der Waals surface area contributed by atoms with Gasteiger partial charge in [0.2, 0.25) is 0 Å². The summed E-state index contributed by atoms with van der Waals surface area (Å²) < 4.78 is 7.51. The molecule has 1 atom stereocenters. The molecule has 1 aliphatic heterocycles. The van der Waals surface area contributed by atoms with Crippen LogP contribution in [0.1, 0.15) is 13.3 Å². The van der Waals surface area contributed by atoms with Gasteiger partial charge in [0, 0.05) is 17.5 Å². The molecule has 0 bridgehead atoms. The Kier molecular flexibility index (Phi) is 2.87. The monoisotopic (exact) mass is 209 g/mol. The van der Waals surface area contributed by atoms with Crippen LogP contribution in [0.4, 0.5) is 5.69 Å². The minimum Gasteiger partial charge on any atom is -0.497 e. The third-order valence-corrected chi connectivity index (χ3v) is 3.76. The minimum absolute atomic E-state index is 0.647. The first kappa shape index (κ1) is 9.71. The van der Waals surface area contributed by atoms with Gasteiger partial charge in [-0.2, -0.15) is 0 Å². The van der Waals surface area contributed by atoms with E-state index < -0.39 is 0 Å². The Hall–Kier alpha value is -0.830. The predicted molar refractivity (Wildman–Crippen MR) is 62.0 cm³/mol. The van der Waals surface area contributed by atoms with Gasteiger partial charge in [-0.1, -0.05) is 0 Å². The fourth-order valence-electron chi connectivity index (χ4n) is 1.62. The average molecular weight is 209 g/mol. The topological polar surface area (TPSA) is 12.5 Å². The first-order valence-electron chi connectivity index (χ1n) is 4.87. The SMILES string of the molecule is COc1ccc(N2SCCC2C)cc1. The summed E-state index contributed by atoms with van der Waals surface area (Å²) in [5.41, 5.74) is 1.28. The lowest BCUT2D eigenvalue weighted by atomic mass is 10.2. The molecule has 0 radical (unpaired) electrons. The summed E-state index contributed by atoms with van der Waals surface area (Å²) in [6.07, 6.45) is 1.27. The molecule has 0 spiro atoms. The highest BCUT2D eigenvalue weighted by Crippen LogP contribution is 2.33. The first-order valence-corrected chi connectivity index (χ1v) is 5.81. The van der Waals surface area contributed by atoms with Crippen LogP contribution in [-0.4, -0.2) is 18.9 Å². The van der Waals surface area contributed by atoms with Crippen molar-refractivity contribution in [2.45, 2.75) is 19.4 Å². The van der Waals surface area contributed by atoms with Gasteiger partial charge >= 0.3 is 0 Å². The van der Waals surface area contributed by atoms with Gasteiger partial charge < -0.3 is 9.04 Å². The Balaban J connectivity index is 2.16. The molecule has 2 nitrogen and oxygen atoms in total. The molecule has 3 heteroatoms. The van der Waals surface area contributed by atoms with Gasteiger partial charge in [0.1, 0.15) is 5.75 Å². The molecule has 1 heterocycles. The number of hydrogen-bond acceptors (Lipinski definition) is 3. The van der Waals surface area contributed by atoms with E-state index in [4.69, 9.17) is 4.74 Å². The zero-order chi connectivity index (χ0) is 9.97. The van der Waals surface area contributed by atoms with E-state index in [1.165, 1.54) is 17.9 Å². The highest BCUT2D eigenvalue weighted by Gasteiger charge is 2.21. The summed E-state index contributed by atoms with van der Waals surface area (Å²) in [5.74, 6) is 2.15. The average Bonchev–Trinajstić information content (AvgIpc) is 2.65. The molecule has 0 N–H and O–H groups in total. The zero-order valence-electron chi connectivity index (χ0n) is 8.56. The molecule has 1 fully saturated rings. The van der Waals surface area contributed by atoms with Crippen molar-refractivity contribution in [1.29, 1.82) is 0 Å². The molecular weight excluding hydrogens is 194 g/mol. The van der Waals surface area contributed by atoms with E-state index in [1.807, 2.05) is 24.1 Å². The molecule has 1 saturated heterocycles. The Morgan fingerprint density at radius 2 is 2.07 bits per heavy atom. The number of hydrogen-bond donors (Lipinski definition) is 0. The standard InChI is InChI=1S/C11H15NOS/c1-9-7-8-14-12(9)10-3-5-11(13-2)6-4-10/h3-6,9H,7-8H2,1-2H3. The second-order valence-electron chi connectivity index (χ2n) is 3.49. The number of ether oxygens (including phenoxy) is 1. The van der Waals surface area contributed by atoms with Crippen LogP contribution in [0.5, 0.6) is 5.75 Å². The van der Waals surface area contributed by atoms with Gasteiger partial charge in [-0.05, 0) is 49.6 Å². The molecule has 0 saturated carbocycles. The molecule has 1 aliphatic rings. The van der Waals surface area contributed by atoms with Crippen molar-refractivity contribution in [2.24, 2.45) is 0 Å². The van der Waals surface area contributed by atoms with Gasteiger partial charge in [-0.3, -0.25) is 0 Å². The molecular formula is C11H15NOS. The summed E-state index contributed by atoms with van der Waals surface area (Å²) in [4.78, 5) is 0. The zero-order valence-corrected chi connectivity index (χ0v) is 9.38. The lowest BCUT2D eigenvalue weighted by Gasteiger charge is -2.21. The number of rotatable bonds is 2. The van der Waals surface area contributed by atoms with Crippen LogP contribution in [0.25, 0.3) is 0 Å². The molecule has 0 aliphatic carbocycles. The van der Waals surface area contributed by atoms with E-state index >= 15 is 0 Å². The molecule has 0 amide bonds. The van der Waals surface area contributed by atoms with Crippen molar-refractivity contribution in [3.8, 4) is 5.75 Å². The van der Waals surface area contributed by atoms with Crippen LogP contribution >= 0.6 is 11.9 Å². The maximum absolute atomic E-state index is 5.13. The van der Waals surface area contributed by atoms with E-state index in [0.717, 1.165) is 5.75 Å². The van der Waals surface area contributed by atoms with E-state index in [9.17, 15) is 0 Å². The third-order valence-electron chi connectivity index (χ3n) is 2.49. The molecule has 1 aromatic rings. The second kappa shape index (κ2) is 4.13. The Labute approximate surface area is 89.4 Å². The Morgan fingerprint density at radius 3 is 2.57 bits per heavy atom. The van der Waals surface area contributed by atoms with Crippen molar-refractivity contribution < 1.29 is 4.74 Å². The van der Waals surface area contributed by atoms with Crippen LogP contribution in [0, 0.1) is 0 Å². The van der Waals surface area contributed by atoms with Crippen molar-refractivity contribution in [1.82, 2.24) is 0 Å². The van der Waals surface area contributed by atoms with Crippen LogP contribution in [0.15, 0.2) is 24.3 Å². The van der Waals surface area contributed by atoms with Gasteiger partial charge in [0.15, 0.2) is 0 Å². The van der Waals surface area contributed by atoms with Crippen molar-refractivity contribution >= 4 is 17.6 Å². The number of anilines is 1. The maximum atomic E-state index is 5.13. The largest absolute Gasteiger partial charge is 0.497 e. The summed E-state index contributed by atoms with van der Waals surface area (Å²) in [5, 5.41) is 0. The summed E-state index contributed by atoms with van der Waals surface area (Å²) >= 11 is 1.91. The molecule has 76 valence electrons. The van der Waals surface area contributed by atoms with Crippen LogP contribution in [0.3, 0.4) is 0 Å². The van der Waals surface area contributed by atoms with Crippen LogP contribution in [-0.2, 0) is 0 Å². The second-order valence-corrected chi connectivity index (χ2v) is 4.55. The fourth-order valence-corrected chi connectivity index (χ4v) is 2.90. The van der Waals surface area contributed by atoms with Crippen LogP contribution in [0.2, 0.25) is 0 Å². The number of nitrogens with zero attached hydrogens (tertiary/aromatic N) is 1. The van der Waals surface area contributed by atoms with Crippen molar-refractivity contribution in [2.75, 3.05) is 17.2 Å². The summed E-state index contributed by atoms with van der Waals surface area (Å²) in [7, 11) is 1.70. The lowest BCUT2D eigenvalue weighted by Crippen LogP contribution is -2.19. The van der Waals surface area contributed by atoms with E-state index in [0.29, 0.717) is 6.04 Å².